The van der Waals surface area contributed by atoms with Gasteiger partial charge in [0.1, 0.15) is 0 Å². The number of hydrogen-bond acceptors (Lipinski definition) is 2. The standard InChI is InChI=1S/C12H24N2/c1-5-13(6-2)11-9-10(11)12(9)14(7-3)8-4/h9-12H,5-8H2,1-4H3. The summed E-state index contributed by atoms with van der Waals surface area (Å²) in [6.45, 7) is 14.1. The summed E-state index contributed by atoms with van der Waals surface area (Å²) in [4.78, 5) is 5.27. The zero-order valence-electron chi connectivity index (χ0n) is 10.0. The molecular weight excluding hydrogens is 172 g/mol. The quantitative estimate of drug-likeness (QED) is 0.637. The van der Waals surface area contributed by atoms with Crippen LogP contribution in [0.1, 0.15) is 27.7 Å². The minimum Gasteiger partial charge on any atom is -0.300 e. The van der Waals surface area contributed by atoms with Gasteiger partial charge in [0, 0.05) is 12.1 Å². The highest BCUT2D eigenvalue weighted by molar-refractivity contribution is 5.29. The van der Waals surface area contributed by atoms with Gasteiger partial charge in [-0.05, 0) is 38.0 Å². The van der Waals surface area contributed by atoms with Crippen LogP contribution >= 0.6 is 0 Å². The molecule has 0 aromatic heterocycles. The van der Waals surface area contributed by atoms with Crippen LogP contribution in [0.3, 0.4) is 0 Å². The fraction of sp³-hybridized carbons (Fsp3) is 1.00. The molecule has 2 aliphatic carbocycles. The van der Waals surface area contributed by atoms with E-state index >= 15 is 0 Å². The molecule has 0 heterocycles. The number of fused-ring (bicyclic) bond motifs is 1. The van der Waals surface area contributed by atoms with Crippen LogP contribution in [0.5, 0.6) is 0 Å². The minimum absolute atomic E-state index is 0.954. The molecule has 0 N–H and O–H groups in total. The Balaban J connectivity index is 1.78. The minimum atomic E-state index is 0.954. The molecule has 2 rings (SSSR count). The zero-order valence-corrected chi connectivity index (χ0v) is 10.0. The molecule has 0 saturated heterocycles. The van der Waals surface area contributed by atoms with E-state index in [1.807, 2.05) is 0 Å². The summed E-state index contributed by atoms with van der Waals surface area (Å²) in [5, 5.41) is 0. The van der Waals surface area contributed by atoms with Crippen molar-refractivity contribution in [1.82, 2.24) is 9.80 Å². The van der Waals surface area contributed by atoms with Gasteiger partial charge in [0.25, 0.3) is 0 Å². The van der Waals surface area contributed by atoms with Gasteiger partial charge in [-0.1, -0.05) is 27.7 Å². The average Bonchev–Trinajstić information content (AvgIpc) is 3.08. The van der Waals surface area contributed by atoms with Gasteiger partial charge in [0.2, 0.25) is 0 Å². The van der Waals surface area contributed by atoms with Gasteiger partial charge < -0.3 is 9.80 Å². The fourth-order valence-electron chi connectivity index (χ4n) is 3.21. The number of nitrogens with zero attached hydrogens (tertiary/aromatic N) is 2. The Morgan fingerprint density at radius 2 is 0.929 bits per heavy atom. The lowest BCUT2D eigenvalue weighted by atomic mass is 10.2. The predicted octanol–water partition coefficient (Wildman–Crippen LogP) is 1.67. The van der Waals surface area contributed by atoms with Crippen molar-refractivity contribution < 1.29 is 0 Å². The molecule has 2 nitrogen and oxygen atoms in total. The van der Waals surface area contributed by atoms with Crippen LogP contribution in [0, 0.1) is 11.8 Å². The SMILES string of the molecule is CCN(CC)C1C2C1C2N(CC)CC. The van der Waals surface area contributed by atoms with E-state index in [-0.39, 0.29) is 0 Å². The molecule has 0 amide bonds. The van der Waals surface area contributed by atoms with Crippen molar-refractivity contribution in [1.29, 1.82) is 0 Å². The molecule has 0 unspecified atom stereocenters. The third-order valence-corrected chi connectivity index (χ3v) is 4.21. The highest BCUT2D eigenvalue weighted by Gasteiger charge is 2.75. The van der Waals surface area contributed by atoms with E-state index in [0.29, 0.717) is 0 Å². The summed E-state index contributed by atoms with van der Waals surface area (Å²) in [6, 6.07) is 1.91. The van der Waals surface area contributed by atoms with Gasteiger partial charge in [-0.25, -0.2) is 0 Å². The molecule has 0 bridgehead atoms. The van der Waals surface area contributed by atoms with E-state index in [1.54, 1.807) is 0 Å². The van der Waals surface area contributed by atoms with E-state index in [0.717, 1.165) is 23.9 Å². The molecule has 0 aromatic rings. The molecule has 82 valence electrons. The molecule has 0 aromatic carbocycles. The first kappa shape index (κ1) is 10.4. The Kier molecular flexibility index (Phi) is 2.85. The molecule has 14 heavy (non-hydrogen) atoms. The molecule has 0 atom stereocenters. The summed E-state index contributed by atoms with van der Waals surface area (Å²) in [6.07, 6.45) is 0. The average molecular weight is 196 g/mol. The molecule has 0 radical (unpaired) electrons. The van der Waals surface area contributed by atoms with Crippen molar-refractivity contribution in [2.75, 3.05) is 26.2 Å². The van der Waals surface area contributed by atoms with Crippen LogP contribution in [-0.2, 0) is 0 Å². The molecule has 2 aliphatic rings. The summed E-state index contributed by atoms with van der Waals surface area (Å²) < 4.78 is 0. The van der Waals surface area contributed by atoms with Crippen LogP contribution in [0.25, 0.3) is 0 Å². The lowest BCUT2D eigenvalue weighted by Crippen LogP contribution is -2.40. The summed E-state index contributed by atoms with van der Waals surface area (Å²) in [5.41, 5.74) is 0. The Bertz CT molecular complexity index is 166. The van der Waals surface area contributed by atoms with Crippen LogP contribution in [-0.4, -0.2) is 48.1 Å². The number of hydrogen-bond donors (Lipinski definition) is 0. The summed E-state index contributed by atoms with van der Waals surface area (Å²) in [5.74, 6) is 2.07. The molecule has 2 heteroatoms. The zero-order chi connectivity index (χ0) is 10.3. The highest BCUT2D eigenvalue weighted by atomic mass is 15.3. The van der Waals surface area contributed by atoms with Gasteiger partial charge in [-0.2, -0.15) is 0 Å². The fourth-order valence-corrected chi connectivity index (χ4v) is 3.21. The number of rotatable bonds is 6. The lowest BCUT2D eigenvalue weighted by molar-refractivity contribution is 0.168. The maximum absolute atomic E-state index is 2.63. The van der Waals surface area contributed by atoms with Crippen LogP contribution in [0.4, 0.5) is 0 Å². The highest BCUT2D eigenvalue weighted by Crippen LogP contribution is 2.67. The van der Waals surface area contributed by atoms with Crippen molar-refractivity contribution in [3.63, 3.8) is 0 Å². The smallest absolute Gasteiger partial charge is 0.0189 e. The van der Waals surface area contributed by atoms with Gasteiger partial charge in [-0.15, -0.1) is 0 Å². The van der Waals surface area contributed by atoms with Crippen LogP contribution < -0.4 is 0 Å². The van der Waals surface area contributed by atoms with Crippen molar-refractivity contribution in [3.8, 4) is 0 Å². The monoisotopic (exact) mass is 196 g/mol. The summed E-state index contributed by atoms with van der Waals surface area (Å²) in [7, 11) is 0. The maximum atomic E-state index is 2.63. The normalized spacial score (nSPS) is 39.0. The van der Waals surface area contributed by atoms with Crippen LogP contribution in [0.15, 0.2) is 0 Å². The lowest BCUT2D eigenvalue weighted by Gasteiger charge is -2.29. The second kappa shape index (κ2) is 3.82. The van der Waals surface area contributed by atoms with Gasteiger partial charge in [0.05, 0.1) is 0 Å². The van der Waals surface area contributed by atoms with E-state index in [2.05, 4.69) is 37.5 Å². The first-order chi connectivity index (χ1) is 6.79. The van der Waals surface area contributed by atoms with Crippen molar-refractivity contribution in [3.05, 3.63) is 0 Å². The summed E-state index contributed by atoms with van der Waals surface area (Å²) >= 11 is 0. The second-order valence-electron chi connectivity index (χ2n) is 4.58. The first-order valence-electron chi connectivity index (χ1n) is 6.28. The third kappa shape index (κ3) is 1.40. The largest absolute Gasteiger partial charge is 0.300 e. The Morgan fingerprint density at radius 3 is 1.14 bits per heavy atom. The van der Waals surface area contributed by atoms with Gasteiger partial charge in [-0.3, -0.25) is 0 Å². The van der Waals surface area contributed by atoms with E-state index in [4.69, 9.17) is 0 Å². The molecule has 0 aliphatic heterocycles. The van der Waals surface area contributed by atoms with Gasteiger partial charge >= 0.3 is 0 Å². The van der Waals surface area contributed by atoms with Gasteiger partial charge in [0.15, 0.2) is 0 Å². The molecule has 0 spiro atoms. The molecule has 2 saturated carbocycles. The predicted molar refractivity (Wildman–Crippen MR) is 60.4 cm³/mol. The van der Waals surface area contributed by atoms with Crippen molar-refractivity contribution in [2.45, 2.75) is 39.8 Å². The maximum Gasteiger partial charge on any atom is 0.0189 e. The van der Waals surface area contributed by atoms with Crippen molar-refractivity contribution >= 4 is 0 Å². The topological polar surface area (TPSA) is 6.48 Å². The van der Waals surface area contributed by atoms with Crippen LogP contribution in [0.2, 0.25) is 0 Å². The Morgan fingerprint density at radius 1 is 0.643 bits per heavy atom. The molecular formula is C12H24N2. The molecule has 2 fully saturated rings. The van der Waals surface area contributed by atoms with E-state index in [1.165, 1.54) is 26.2 Å². The Hall–Kier alpha value is -0.0800. The van der Waals surface area contributed by atoms with Crippen molar-refractivity contribution in [2.24, 2.45) is 11.8 Å². The first-order valence-corrected chi connectivity index (χ1v) is 6.28. The van der Waals surface area contributed by atoms with E-state index < -0.39 is 0 Å². The van der Waals surface area contributed by atoms with E-state index in [9.17, 15) is 0 Å². The Labute approximate surface area is 88.3 Å². The second-order valence-corrected chi connectivity index (χ2v) is 4.58. The third-order valence-electron chi connectivity index (χ3n) is 4.21.